The summed E-state index contributed by atoms with van der Waals surface area (Å²) in [5.41, 5.74) is 0.0597. The topological polar surface area (TPSA) is 38.8 Å². The molecule has 0 bridgehead atoms. The van der Waals surface area contributed by atoms with Crippen LogP contribution in [0.5, 0.6) is 0 Å². The van der Waals surface area contributed by atoms with Crippen LogP contribution in [-0.2, 0) is 14.3 Å². The largest absolute Gasteiger partial charge is 0.469 e. The second-order valence-corrected chi connectivity index (χ2v) is 5.79. The van der Waals surface area contributed by atoms with Gasteiger partial charge in [-0.3, -0.25) is 4.79 Å². The van der Waals surface area contributed by atoms with Gasteiger partial charge in [0.1, 0.15) is 0 Å². The van der Waals surface area contributed by atoms with Crippen LogP contribution in [0, 0.1) is 17.3 Å². The average Bonchev–Trinajstić information content (AvgIpc) is 2.98. The molecule has 1 saturated heterocycles. The van der Waals surface area contributed by atoms with Crippen molar-refractivity contribution in [2.75, 3.05) is 13.7 Å². The molecular weight excluding hydrogens is 204 g/mol. The van der Waals surface area contributed by atoms with Crippen molar-refractivity contribution in [3.05, 3.63) is 0 Å². The van der Waals surface area contributed by atoms with Gasteiger partial charge in [0.05, 0.1) is 26.2 Å². The average molecular weight is 226 g/mol. The molecule has 0 spiro atoms. The van der Waals surface area contributed by atoms with Crippen molar-refractivity contribution < 1.29 is 14.3 Å². The van der Waals surface area contributed by atoms with Crippen molar-refractivity contribution >= 4 is 5.97 Å². The number of methoxy groups -OCH3 is 1. The molecule has 1 aliphatic heterocycles. The minimum Gasteiger partial charge on any atom is -0.469 e. The second-order valence-electron chi connectivity index (χ2n) is 5.79. The van der Waals surface area contributed by atoms with E-state index in [2.05, 4.69) is 13.8 Å². The molecule has 0 radical (unpaired) electrons. The summed E-state index contributed by atoms with van der Waals surface area (Å²) >= 11 is 0. The lowest BCUT2D eigenvalue weighted by atomic mass is 9.63. The molecule has 0 N–H and O–H groups in total. The molecule has 1 saturated carbocycles. The first-order chi connectivity index (χ1) is 7.55. The predicted octanol–water partition coefficient (Wildman–Crippen LogP) is 2.39. The smallest absolute Gasteiger partial charge is 0.306 e. The minimum absolute atomic E-state index is 0.0597. The Labute approximate surface area is 97.5 Å². The van der Waals surface area contributed by atoms with Gasteiger partial charge in [0, 0.05) is 5.41 Å². The number of hydrogen-bond donors (Lipinski definition) is 0. The lowest BCUT2D eigenvalue weighted by Crippen LogP contribution is -2.38. The predicted molar refractivity (Wildman–Crippen MR) is 61.0 cm³/mol. The Morgan fingerprint density at radius 3 is 2.38 bits per heavy atom. The van der Waals surface area contributed by atoms with Crippen molar-refractivity contribution in [2.45, 2.75) is 45.6 Å². The van der Waals surface area contributed by atoms with Crippen LogP contribution in [0.3, 0.4) is 0 Å². The standard InChI is InChI=1S/C13H22O3/c1-9-4-10(2)6-13(5-9,11-8-16-11)7-12(14)15-3/h9-11H,4-8H2,1-3H3. The zero-order valence-electron chi connectivity index (χ0n) is 10.5. The molecule has 3 unspecified atom stereocenters. The van der Waals surface area contributed by atoms with Gasteiger partial charge in [0.2, 0.25) is 0 Å². The summed E-state index contributed by atoms with van der Waals surface area (Å²) in [6, 6.07) is 0. The van der Waals surface area contributed by atoms with Crippen molar-refractivity contribution in [2.24, 2.45) is 17.3 Å². The zero-order valence-corrected chi connectivity index (χ0v) is 10.5. The van der Waals surface area contributed by atoms with Gasteiger partial charge in [0.25, 0.3) is 0 Å². The Balaban J connectivity index is 2.10. The van der Waals surface area contributed by atoms with Gasteiger partial charge in [-0.15, -0.1) is 0 Å². The number of esters is 1. The number of carbonyl (C=O) groups is 1. The Morgan fingerprint density at radius 2 is 1.94 bits per heavy atom. The second kappa shape index (κ2) is 4.36. The van der Waals surface area contributed by atoms with Crippen LogP contribution in [0.2, 0.25) is 0 Å². The van der Waals surface area contributed by atoms with E-state index in [0.29, 0.717) is 24.4 Å². The Morgan fingerprint density at radius 1 is 1.38 bits per heavy atom. The number of epoxide rings is 1. The number of carbonyl (C=O) groups excluding carboxylic acids is 1. The Kier molecular flexibility index (Phi) is 3.24. The third-order valence-corrected chi connectivity index (χ3v) is 4.06. The molecule has 2 rings (SSSR count). The first-order valence-electron chi connectivity index (χ1n) is 6.24. The quantitative estimate of drug-likeness (QED) is 0.548. The maximum absolute atomic E-state index is 11.6. The maximum atomic E-state index is 11.6. The van der Waals surface area contributed by atoms with Crippen molar-refractivity contribution in [3.63, 3.8) is 0 Å². The molecule has 2 aliphatic rings. The monoisotopic (exact) mass is 226 g/mol. The summed E-state index contributed by atoms with van der Waals surface area (Å²) in [5.74, 6) is 1.30. The fraction of sp³-hybridized carbons (Fsp3) is 0.923. The molecule has 1 aliphatic carbocycles. The molecule has 0 aromatic heterocycles. The first-order valence-corrected chi connectivity index (χ1v) is 6.24. The van der Waals surface area contributed by atoms with Crippen LogP contribution in [0.4, 0.5) is 0 Å². The lowest BCUT2D eigenvalue weighted by Gasteiger charge is -2.41. The fourth-order valence-electron chi connectivity index (χ4n) is 3.61. The molecule has 3 atom stereocenters. The van der Waals surface area contributed by atoms with Gasteiger partial charge in [-0.05, 0) is 31.1 Å². The van der Waals surface area contributed by atoms with E-state index in [1.165, 1.54) is 13.5 Å². The van der Waals surface area contributed by atoms with Crippen LogP contribution in [-0.4, -0.2) is 25.8 Å². The highest BCUT2D eigenvalue weighted by atomic mass is 16.6. The molecule has 3 nitrogen and oxygen atoms in total. The van der Waals surface area contributed by atoms with Gasteiger partial charge in [0.15, 0.2) is 0 Å². The molecule has 0 amide bonds. The third kappa shape index (κ3) is 2.40. The molecule has 2 fully saturated rings. The first kappa shape index (κ1) is 11.9. The summed E-state index contributed by atoms with van der Waals surface area (Å²) in [6.07, 6.45) is 4.32. The van der Waals surface area contributed by atoms with Crippen molar-refractivity contribution in [3.8, 4) is 0 Å². The van der Waals surface area contributed by atoms with E-state index in [1.54, 1.807) is 0 Å². The lowest BCUT2D eigenvalue weighted by molar-refractivity contribution is -0.145. The normalized spacial score (nSPS) is 42.8. The van der Waals surface area contributed by atoms with Gasteiger partial charge in [-0.1, -0.05) is 13.8 Å². The zero-order chi connectivity index (χ0) is 11.8. The van der Waals surface area contributed by atoms with Gasteiger partial charge in [-0.25, -0.2) is 0 Å². The highest BCUT2D eigenvalue weighted by Crippen LogP contribution is 2.51. The summed E-state index contributed by atoms with van der Waals surface area (Å²) in [5, 5.41) is 0. The van der Waals surface area contributed by atoms with E-state index in [-0.39, 0.29) is 11.4 Å². The number of ether oxygens (including phenoxy) is 2. The van der Waals surface area contributed by atoms with E-state index >= 15 is 0 Å². The molecule has 0 aromatic carbocycles. The van der Waals surface area contributed by atoms with Gasteiger partial charge >= 0.3 is 5.97 Å². The fourth-order valence-corrected chi connectivity index (χ4v) is 3.61. The van der Waals surface area contributed by atoms with Crippen LogP contribution in [0.25, 0.3) is 0 Å². The molecule has 3 heteroatoms. The van der Waals surface area contributed by atoms with Crippen LogP contribution in [0.15, 0.2) is 0 Å². The van der Waals surface area contributed by atoms with Gasteiger partial charge in [-0.2, -0.15) is 0 Å². The maximum Gasteiger partial charge on any atom is 0.306 e. The summed E-state index contributed by atoms with van der Waals surface area (Å²) in [4.78, 5) is 11.6. The highest BCUT2D eigenvalue weighted by Gasteiger charge is 2.51. The Bertz CT molecular complexity index is 260. The van der Waals surface area contributed by atoms with Gasteiger partial charge < -0.3 is 9.47 Å². The molecule has 92 valence electrons. The van der Waals surface area contributed by atoms with E-state index in [1.807, 2.05) is 0 Å². The molecule has 16 heavy (non-hydrogen) atoms. The minimum atomic E-state index is -0.0863. The Hall–Kier alpha value is -0.570. The SMILES string of the molecule is COC(=O)CC1(C2CO2)CC(C)CC(C)C1. The molecule has 0 aromatic rings. The van der Waals surface area contributed by atoms with Crippen LogP contribution >= 0.6 is 0 Å². The van der Waals surface area contributed by atoms with E-state index in [4.69, 9.17) is 9.47 Å². The summed E-state index contributed by atoms with van der Waals surface area (Å²) in [7, 11) is 1.47. The van der Waals surface area contributed by atoms with Crippen molar-refractivity contribution in [1.82, 2.24) is 0 Å². The molecule has 1 heterocycles. The van der Waals surface area contributed by atoms with Crippen LogP contribution < -0.4 is 0 Å². The van der Waals surface area contributed by atoms with E-state index < -0.39 is 0 Å². The van der Waals surface area contributed by atoms with Crippen molar-refractivity contribution in [1.29, 1.82) is 0 Å². The summed E-state index contributed by atoms with van der Waals surface area (Å²) in [6.45, 7) is 5.39. The highest BCUT2D eigenvalue weighted by molar-refractivity contribution is 5.70. The number of hydrogen-bond acceptors (Lipinski definition) is 3. The van der Waals surface area contributed by atoms with Crippen LogP contribution in [0.1, 0.15) is 39.5 Å². The van der Waals surface area contributed by atoms with E-state index in [9.17, 15) is 4.79 Å². The molecular formula is C13H22O3. The summed E-state index contributed by atoms with van der Waals surface area (Å²) < 4.78 is 10.3. The van der Waals surface area contributed by atoms with E-state index in [0.717, 1.165) is 19.4 Å². The number of rotatable bonds is 3. The third-order valence-electron chi connectivity index (χ3n) is 4.06.